The van der Waals surface area contributed by atoms with Crippen LogP contribution in [0.5, 0.6) is 11.5 Å². The van der Waals surface area contributed by atoms with Gasteiger partial charge in [-0.15, -0.1) is 0 Å². The minimum atomic E-state index is -3.59. The summed E-state index contributed by atoms with van der Waals surface area (Å²) in [5.74, 6) is 0.508. The molecule has 2 heterocycles. The van der Waals surface area contributed by atoms with Gasteiger partial charge in [0, 0.05) is 25.1 Å². The fourth-order valence-corrected chi connectivity index (χ4v) is 5.24. The van der Waals surface area contributed by atoms with E-state index < -0.39 is 22.6 Å². The van der Waals surface area contributed by atoms with Crippen LogP contribution < -0.4 is 9.47 Å². The largest absolute Gasteiger partial charge is 0.490 e. The van der Waals surface area contributed by atoms with Crippen molar-refractivity contribution in [3.8, 4) is 11.5 Å². The number of rotatable bonds is 6. The number of esters is 1. The molecule has 0 unspecified atom stereocenters. The van der Waals surface area contributed by atoms with E-state index in [0.717, 1.165) is 19.3 Å². The Morgan fingerprint density at radius 1 is 0.970 bits per heavy atom. The molecule has 2 aromatic rings. The van der Waals surface area contributed by atoms with Crippen LogP contribution in [0.1, 0.15) is 46.9 Å². The number of benzene rings is 2. The maximum atomic E-state index is 12.8. The fraction of sp³-hybridized carbons (Fsp3) is 0.417. The first-order valence-electron chi connectivity index (χ1n) is 11.0. The maximum Gasteiger partial charge on any atom is 0.338 e. The molecule has 8 nitrogen and oxygen atoms in total. The number of piperidine rings is 1. The number of Topliss-reactive ketones (excluding diaryl/α,β-unsaturated/α-hetero) is 1. The lowest BCUT2D eigenvalue weighted by Crippen LogP contribution is -2.37. The number of carbonyl (C=O) groups is 2. The van der Waals surface area contributed by atoms with E-state index in [4.69, 9.17) is 14.2 Å². The van der Waals surface area contributed by atoms with Crippen molar-refractivity contribution in [3.63, 3.8) is 0 Å². The molecule has 2 aromatic carbocycles. The number of hydrogen-bond donors (Lipinski definition) is 0. The zero-order chi connectivity index (χ0) is 23.4. The Morgan fingerprint density at radius 3 is 2.30 bits per heavy atom. The van der Waals surface area contributed by atoms with Crippen LogP contribution in [0.15, 0.2) is 47.4 Å². The molecule has 33 heavy (non-hydrogen) atoms. The van der Waals surface area contributed by atoms with Crippen LogP contribution in [0.2, 0.25) is 0 Å². The van der Waals surface area contributed by atoms with Crippen molar-refractivity contribution >= 4 is 21.8 Å². The lowest BCUT2D eigenvalue weighted by molar-refractivity contribution is 0.0474. The van der Waals surface area contributed by atoms with Crippen molar-refractivity contribution in [1.82, 2.24) is 4.31 Å². The lowest BCUT2D eigenvalue weighted by Gasteiger charge is -2.29. The zero-order valence-corrected chi connectivity index (χ0v) is 19.3. The second kappa shape index (κ2) is 9.93. The van der Waals surface area contributed by atoms with E-state index in [-0.39, 0.29) is 16.2 Å². The molecule has 0 aliphatic carbocycles. The molecule has 1 fully saturated rings. The lowest BCUT2D eigenvalue weighted by atomic mass is 10.0. The predicted octanol–water partition coefficient (Wildman–Crippen LogP) is 3.31. The van der Waals surface area contributed by atoms with Crippen LogP contribution in [-0.4, -0.2) is 57.4 Å². The van der Waals surface area contributed by atoms with Crippen LogP contribution in [0.25, 0.3) is 0 Å². The molecule has 2 aliphatic heterocycles. The Hall–Kier alpha value is -2.91. The molecular formula is C24H27NO7S. The molecule has 0 amide bonds. The van der Waals surface area contributed by atoms with E-state index in [1.165, 1.54) is 28.6 Å². The first-order valence-corrected chi connectivity index (χ1v) is 12.5. The van der Waals surface area contributed by atoms with E-state index in [1.807, 2.05) is 0 Å². The summed E-state index contributed by atoms with van der Waals surface area (Å²) in [7, 11) is -3.59. The first kappa shape index (κ1) is 23.3. The molecular weight excluding hydrogens is 446 g/mol. The summed E-state index contributed by atoms with van der Waals surface area (Å²) in [6.45, 7) is 3.72. The van der Waals surface area contributed by atoms with Crippen LogP contribution in [0, 0.1) is 5.92 Å². The Balaban J connectivity index is 1.36. The summed E-state index contributed by atoms with van der Waals surface area (Å²) in [5, 5.41) is 0. The molecule has 0 spiro atoms. The summed E-state index contributed by atoms with van der Waals surface area (Å²) in [6, 6.07) is 10.4. The van der Waals surface area contributed by atoms with E-state index >= 15 is 0 Å². The molecule has 0 bridgehead atoms. The second-order valence-corrected chi connectivity index (χ2v) is 10.3. The van der Waals surface area contributed by atoms with Gasteiger partial charge in [0.15, 0.2) is 23.9 Å². The quantitative estimate of drug-likeness (QED) is 0.469. The highest BCUT2D eigenvalue weighted by Gasteiger charge is 2.28. The van der Waals surface area contributed by atoms with Gasteiger partial charge >= 0.3 is 5.97 Å². The number of hydrogen-bond acceptors (Lipinski definition) is 7. The molecule has 0 N–H and O–H groups in total. The van der Waals surface area contributed by atoms with Gasteiger partial charge in [0.25, 0.3) is 0 Å². The molecule has 0 atom stereocenters. The van der Waals surface area contributed by atoms with Crippen molar-refractivity contribution in [2.75, 3.05) is 32.9 Å². The van der Waals surface area contributed by atoms with Crippen molar-refractivity contribution in [2.45, 2.75) is 31.1 Å². The second-order valence-electron chi connectivity index (χ2n) is 8.32. The van der Waals surface area contributed by atoms with Gasteiger partial charge < -0.3 is 14.2 Å². The molecule has 4 rings (SSSR count). The topological polar surface area (TPSA) is 99.2 Å². The van der Waals surface area contributed by atoms with Gasteiger partial charge in [-0.05, 0) is 61.2 Å². The highest BCUT2D eigenvalue weighted by Crippen LogP contribution is 2.30. The predicted molar refractivity (Wildman–Crippen MR) is 120 cm³/mol. The average molecular weight is 474 g/mol. The monoisotopic (exact) mass is 473 g/mol. The third-order valence-corrected chi connectivity index (χ3v) is 7.79. The van der Waals surface area contributed by atoms with Crippen molar-refractivity contribution in [3.05, 3.63) is 53.6 Å². The molecule has 2 aliphatic rings. The van der Waals surface area contributed by atoms with Crippen LogP contribution in [0.3, 0.4) is 0 Å². The highest BCUT2D eigenvalue weighted by atomic mass is 32.2. The van der Waals surface area contributed by atoms with Crippen molar-refractivity contribution in [2.24, 2.45) is 5.92 Å². The summed E-state index contributed by atoms with van der Waals surface area (Å²) < 4.78 is 43.4. The molecule has 0 aromatic heterocycles. The van der Waals surface area contributed by atoms with Crippen LogP contribution in [0.4, 0.5) is 0 Å². The van der Waals surface area contributed by atoms with Gasteiger partial charge in [-0.2, -0.15) is 4.31 Å². The number of carbonyl (C=O) groups excluding carboxylic acids is 2. The SMILES string of the molecule is CC1CCN(S(=O)(=O)c2ccc(C(=O)OCC(=O)c3ccc4c(c3)OCCCO4)cc2)CC1. The van der Waals surface area contributed by atoms with Gasteiger partial charge in [-0.25, -0.2) is 13.2 Å². The number of fused-ring (bicyclic) bond motifs is 1. The third-order valence-electron chi connectivity index (χ3n) is 5.87. The molecule has 176 valence electrons. The summed E-state index contributed by atoms with van der Waals surface area (Å²) in [5.41, 5.74) is 0.525. The van der Waals surface area contributed by atoms with Gasteiger partial charge in [0.2, 0.25) is 10.0 Å². The van der Waals surface area contributed by atoms with Crippen LogP contribution >= 0.6 is 0 Å². The van der Waals surface area contributed by atoms with E-state index in [0.29, 0.717) is 49.3 Å². The Morgan fingerprint density at radius 2 is 1.61 bits per heavy atom. The van der Waals surface area contributed by atoms with Gasteiger partial charge in [-0.1, -0.05) is 6.92 Å². The molecule has 1 saturated heterocycles. The van der Waals surface area contributed by atoms with Gasteiger partial charge in [0.1, 0.15) is 0 Å². The zero-order valence-electron chi connectivity index (χ0n) is 18.5. The number of ketones is 1. The smallest absolute Gasteiger partial charge is 0.338 e. The Labute approximate surface area is 193 Å². The number of sulfonamides is 1. The van der Waals surface area contributed by atoms with Crippen LogP contribution in [-0.2, 0) is 14.8 Å². The first-order chi connectivity index (χ1) is 15.8. The summed E-state index contributed by atoms with van der Waals surface area (Å²) in [4.78, 5) is 25.0. The maximum absolute atomic E-state index is 12.8. The van der Waals surface area contributed by atoms with Gasteiger partial charge in [0.05, 0.1) is 23.7 Å². The van der Waals surface area contributed by atoms with E-state index in [2.05, 4.69) is 6.92 Å². The Kier molecular flexibility index (Phi) is 6.99. The van der Waals surface area contributed by atoms with Crippen molar-refractivity contribution in [1.29, 1.82) is 0 Å². The summed E-state index contributed by atoms with van der Waals surface area (Å²) >= 11 is 0. The Bertz CT molecular complexity index is 1120. The highest BCUT2D eigenvalue weighted by molar-refractivity contribution is 7.89. The number of ether oxygens (including phenoxy) is 3. The molecule has 0 radical (unpaired) electrons. The summed E-state index contributed by atoms with van der Waals surface area (Å²) in [6.07, 6.45) is 2.43. The van der Waals surface area contributed by atoms with Crippen molar-refractivity contribution < 1.29 is 32.2 Å². The van der Waals surface area contributed by atoms with Gasteiger partial charge in [-0.3, -0.25) is 4.79 Å². The average Bonchev–Trinajstić information content (AvgIpc) is 3.07. The molecule has 0 saturated carbocycles. The minimum absolute atomic E-state index is 0.136. The standard InChI is InChI=1S/C24H27NO7S/c1-17-9-11-25(12-10-17)33(28,29)20-6-3-18(4-7-20)24(27)32-16-21(26)19-5-8-22-23(15-19)31-14-2-13-30-22/h3-8,15,17H,2,9-14,16H2,1H3. The van der Waals surface area contributed by atoms with E-state index in [9.17, 15) is 18.0 Å². The third kappa shape index (κ3) is 5.36. The molecule has 9 heteroatoms. The fourth-order valence-electron chi connectivity index (χ4n) is 3.77. The van der Waals surface area contributed by atoms with E-state index in [1.54, 1.807) is 18.2 Å². The number of nitrogens with zero attached hydrogens (tertiary/aromatic N) is 1. The normalized spacial score (nSPS) is 17.2. The minimum Gasteiger partial charge on any atom is -0.490 e.